The second-order valence-electron chi connectivity index (χ2n) is 4.74. The number of anilines is 1. The number of quaternary nitrogens is 1. The fourth-order valence-corrected chi connectivity index (χ4v) is 2.98. The SMILES string of the molecule is C[NH+](CC(=O)Nc1ccc(C#N)c(Cl)c1)Cc1cccs1. The Labute approximate surface area is 132 Å². The molecule has 1 unspecified atom stereocenters. The molecular weight excluding hydrogens is 306 g/mol. The van der Waals surface area contributed by atoms with E-state index in [1.165, 1.54) is 4.88 Å². The van der Waals surface area contributed by atoms with Gasteiger partial charge in [0, 0.05) is 5.69 Å². The van der Waals surface area contributed by atoms with E-state index < -0.39 is 0 Å². The highest BCUT2D eigenvalue weighted by Crippen LogP contribution is 2.19. The highest BCUT2D eigenvalue weighted by molar-refractivity contribution is 7.09. The van der Waals surface area contributed by atoms with E-state index in [9.17, 15) is 4.79 Å². The van der Waals surface area contributed by atoms with Gasteiger partial charge in [0.25, 0.3) is 5.91 Å². The second kappa shape index (κ2) is 7.23. The number of thiophene rings is 1. The van der Waals surface area contributed by atoms with Crippen LogP contribution in [-0.2, 0) is 11.3 Å². The average Bonchev–Trinajstić information content (AvgIpc) is 2.91. The third-order valence-corrected chi connectivity index (χ3v) is 4.08. The molecule has 21 heavy (non-hydrogen) atoms. The van der Waals surface area contributed by atoms with Gasteiger partial charge in [-0.25, -0.2) is 0 Å². The van der Waals surface area contributed by atoms with Gasteiger partial charge in [0.05, 0.1) is 22.5 Å². The zero-order valence-electron chi connectivity index (χ0n) is 11.5. The number of carbonyl (C=O) groups is 1. The monoisotopic (exact) mass is 320 g/mol. The minimum atomic E-state index is -0.0789. The van der Waals surface area contributed by atoms with Crippen molar-refractivity contribution in [1.82, 2.24) is 0 Å². The number of benzene rings is 1. The maximum Gasteiger partial charge on any atom is 0.279 e. The van der Waals surface area contributed by atoms with Gasteiger partial charge < -0.3 is 10.2 Å². The lowest BCUT2D eigenvalue weighted by molar-refractivity contribution is -0.884. The Balaban J connectivity index is 1.89. The van der Waals surface area contributed by atoms with E-state index in [2.05, 4.69) is 11.4 Å². The fourth-order valence-electron chi connectivity index (χ4n) is 1.94. The lowest BCUT2D eigenvalue weighted by atomic mass is 10.2. The first-order valence-corrected chi connectivity index (χ1v) is 7.67. The van der Waals surface area contributed by atoms with E-state index in [0.29, 0.717) is 22.8 Å². The summed E-state index contributed by atoms with van der Waals surface area (Å²) in [7, 11) is 1.98. The molecule has 108 valence electrons. The van der Waals surface area contributed by atoms with Crippen LogP contribution in [0.5, 0.6) is 0 Å². The molecular formula is C15H15ClN3OS+. The van der Waals surface area contributed by atoms with Crippen LogP contribution in [0.2, 0.25) is 5.02 Å². The first-order valence-electron chi connectivity index (χ1n) is 6.41. The molecule has 2 aromatic rings. The Kier molecular flexibility index (Phi) is 5.34. The molecule has 0 fully saturated rings. The number of hydrogen-bond acceptors (Lipinski definition) is 3. The Morgan fingerprint density at radius 3 is 2.90 bits per heavy atom. The highest BCUT2D eigenvalue weighted by atomic mass is 35.5. The number of nitrogens with zero attached hydrogens (tertiary/aromatic N) is 1. The van der Waals surface area contributed by atoms with Gasteiger partial charge in [-0.3, -0.25) is 4.79 Å². The average molecular weight is 321 g/mol. The van der Waals surface area contributed by atoms with Crippen molar-refractivity contribution in [3.63, 3.8) is 0 Å². The van der Waals surface area contributed by atoms with E-state index in [1.54, 1.807) is 29.5 Å². The van der Waals surface area contributed by atoms with Crippen molar-refractivity contribution in [3.8, 4) is 6.07 Å². The topological polar surface area (TPSA) is 57.3 Å². The van der Waals surface area contributed by atoms with Crippen molar-refractivity contribution < 1.29 is 9.69 Å². The molecule has 2 N–H and O–H groups in total. The molecule has 0 saturated carbocycles. The third kappa shape index (κ3) is 4.57. The molecule has 0 aliphatic heterocycles. The molecule has 1 aromatic carbocycles. The molecule has 0 saturated heterocycles. The van der Waals surface area contributed by atoms with Crippen LogP contribution in [-0.4, -0.2) is 19.5 Å². The van der Waals surface area contributed by atoms with Gasteiger partial charge in [-0.1, -0.05) is 17.7 Å². The molecule has 1 aromatic heterocycles. The normalized spacial score (nSPS) is 11.7. The Morgan fingerprint density at radius 2 is 2.29 bits per heavy atom. The zero-order valence-corrected chi connectivity index (χ0v) is 13.1. The van der Waals surface area contributed by atoms with Gasteiger partial charge >= 0.3 is 0 Å². The number of halogens is 1. The minimum Gasteiger partial charge on any atom is -0.325 e. The smallest absolute Gasteiger partial charge is 0.279 e. The van der Waals surface area contributed by atoms with Crippen molar-refractivity contribution in [2.75, 3.05) is 18.9 Å². The summed E-state index contributed by atoms with van der Waals surface area (Å²) >= 11 is 7.62. The first-order chi connectivity index (χ1) is 10.1. The highest BCUT2D eigenvalue weighted by Gasteiger charge is 2.12. The standard InChI is InChI=1S/C15H14ClN3OS/c1-19(9-13-3-2-6-21-13)10-15(20)18-12-5-4-11(8-17)14(16)7-12/h2-7H,9-10H2,1H3,(H,18,20)/p+1. The number of carbonyl (C=O) groups excluding carboxylic acids is 1. The summed E-state index contributed by atoms with van der Waals surface area (Å²) in [6, 6.07) is 10.9. The molecule has 0 radical (unpaired) electrons. The molecule has 6 heteroatoms. The van der Waals surface area contributed by atoms with Crippen LogP contribution in [0.1, 0.15) is 10.4 Å². The van der Waals surface area contributed by atoms with E-state index in [4.69, 9.17) is 16.9 Å². The summed E-state index contributed by atoms with van der Waals surface area (Å²) in [6.45, 7) is 1.19. The maximum atomic E-state index is 12.0. The number of amides is 1. The number of hydrogen-bond donors (Lipinski definition) is 2. The Bertz CT molecular complexity index is 664. The molecule has 1 amide bonds. The van der Waals surface area contributed by atoms with Gasteiger partial charge in [-0.2, -0.15) is 5.26 Å². The lowest BCUT2D eigenvalue weighted by Gasteiger charge is -2.13. The predicted molar refractivity (Wildman–Crippen MR) is 84.6 cm³/mol. The lowest BCUT2D eigenvalue weighted by Crippen LogP contribution is -3.08. The van der Waals surface area contributed by atoms with Crippen molar-refractivity contribution >= 4 is 34.5 Å². The van der Waals surface area contributed by atoms with Gasteiger partial charge in [0.1, 0.15) is 12.6 Å². The molecule has 1 heterocycles. The summed E-state index contributed by atoms with van der Waals surface area (Å²) in [5.74, 6) is -0.0789. The summed E-state index contributed by atoms with van der Waals surface area (Å²) in [4.78, 5) is 14.3. The van der Waals surface area contributed by atoms with E-state index in [-0.39, 0.29) is 5.91 Å². The van der Waals surface area contributed by atoms with Gasteiger partial charge in [0.2, 0.25) is 0 Å². The summed E-state index contributed by atoms with van der Waals surface area (Å²) < 4.78 is 0. The number of likely N-dealkylation sites (N-methyl/N-ethyl adjacent to an activating group) is 1. The van der Waals surface area contributed by atoms with Crippen molar-refractivity contribution in [1.29, 1.82) is 5.26 Å². The first kappa shape index (κ1) is 15.5. The summed E-state index contributed by atoms with van der Waals surface area (Å²) in [5, 5.41) is 14.0. The molecule has 0 aliphatic rings. The molecule has 0 spiro atoms. The van der Waals surface area contributed by atoms with Crippen LogP contribution >= 0.6 is 22.9 Å². The molecule has 0 aliphatic carbocycles. The van der Waals surface area contributed by atoms with Gasteiger partial charge in [-0.15, -0.1) is 11.3 Å². The Hall–Kier alpha value is -1.87. The molecule has 1 atom stereocenters. The predicted octanol–water partition coefficient (Wildman–Crippen LogP) is 1.93. The van der Waals surface area contributed by atoms with Crippen LogP contribution in [0, 0.1) is 11.3 Å². The largest absolute Gasteiger partial charge is 0.325 e. The number of rotatable bonds is 5. The summed E-state index contributed by atoms with van der Waals surface area (Å²) in [5.41, 5.74) is 1.00. The number of nitriles is 1. The van der Waals surface area contributed by atoms with E-state index in [0.717, 1.165) is 11.4 Å². The molecule has 2 rings (SSSR count). The van der Waals surface area contributed by atoms with Gasteiger partial charge in [0.15, 0.2) is 6.54 Å². The van der Waals surface area contributed by atoms with E-state index >= 15 is 0 Å². The van der Waals surface area contributed by atoms with Gasteiger partial charge in [-0.05, 0) is 29.6 Å². The third-order valence-electron chi connectivity index (χ3n) is 2.89. The van der Waals surface area contributed by atoms with Crippen LogP contribution in [0.3, 0.4) is 0 Å². The van der Waals surface area contributed by atoms with Crippen LogP contribution in [0.15, 0.2) is 35.7 Å². The van der Waals surface area contributed by atoms with Crippen molar-refractivity contribution in [3.05, 3.63) is 51.2 Å². The summed E-state index contributed by atoms with van der Waals surface area (Å²) in [6.07, 6.45) is 0. The van der Waals surface area contributed by atoms with Crippen LogP contribution < -0.4 is 10.2 Å². The number of nitrogens with one attached hydrogen (secondary N) is 2. The van der Waals surface area contributed by atoms with Crippen molar-refractivity contribution in [2.45, 2.75) is 6.54 Å². The minimum absolute atomic E-state index is 0.0789. The molecule has 0 bridgehead atoms. The second-order valence-corrected chi connectivity index (χ2v) is 6.18. The quantitative estimate of drug-likeness (QED) is 0.884. The van der Waals surface area contributed by atoms with Crippen LogP contribution in [0.25, 0.3) is 0 Å². The van der Waals surface area contributed by atoms with Crippen molar-refractivity contribution in [2.24, 2.45) is 0 Å². The van der Waals surface area contributed by atoms with Crippen LogP contribution in [0.4, 0.5) is 5.69 Å². The molecule has 4 nitrogen and oxygen atoms in total. The zero-order chi connectivity index (χ0) is 15.2. The maximum absolute atomic E-state index is 12.0. The van der Waals surface area contributed by atoms with E-state index in [1.807, 2.05) is 24.6 Å². The Morgan fingerprint density at radius 1 is 1.48 bits per heavy atom. The fraction of sp³-hybridized carbons (Fsp3) is 0.200.